The maximum atomic E-state index is 6.17. The molecule has 0 amide bonds. The first-order valence-electron chi connectivity index (χ1n) is 6.26. The van der Waals surface area contributed by atoms with Crippen molar-refractivity contribution in [3.8, 4) is 0 Å². The Labute approximate surface area is 111 Å². The zero-order valence-electron chi connectivity index (χ0n) is 10.4. The maximum Gasteiger partial charge on any atom is 0.0969 e. The van der Waals surface area contributed by atoms with E-state index >= 15 is 0 Å². The first kappa shape index (κ1) is 11.8. The van der Waals surface area contributed by atoms with E-state index in [1.54, 1.807) is 0 Å². The molecule has 1 N–H and O–H groups in total. The van der Waals surface area contributed by atoms with Gasteiger partial charge in [-0.1, -0.05) is 29.8 Å². The van der Waals surface area contributed by atoms with E-state index in [9.17, 15) is 0 Å². The Balaban J connectivity index is 2.09. The molecule has 0 atom stereocenters. The second-order valence-electron chi connectivity index (χ2n) is 4.84. The summed E-state index contributed by atoms with van der Waals surface area (Å²) in [4.78, 5) is 2.34. The second kappa shape index (κ2) is 4.75. The first-order chi connectivity index (χ1) is 8.75. The third-order valence-corrected chi connectivity index (χ3v) is 3.74. The quantitative estimate of drug-likeness (QED) is 0.854. The van der Waals surface area contributed by atoms with Crippen LogP contribution in [0, 0.1) is 0 Å². The molecule has 3 rings (SSSR count). The Hall–Kier alpha value is -1.32. The molecule has 0 saturated heterocycles. The lowest BCUT2D eigenvalue weighted by atomic mass is 10.1. The van der Waals surface area contributed by atoms with Gasteiger partial charge in [-0.15, -0.1) is 0 Å². The number of allylic oxidation sites excluding steroid dienone is 1. The number of fused-ring (bicyclic) bond motifs is 1. The Bertz CT molecular complexity index is 600. The van der Waals surface area contributed by atoms with Crippen molar-refractivity contribution in [2.45, 2.75) is 12.8 Å². The fourth-order valence-corrected chi connectivity index (χ4v) is 2.71. The molecular formula is C14H16ClN3. The summed E-state index contributed by atoms with van der Waals surface area (Å²) in [5, 5.41) is 9.34. The number of likely N-dealkylation sites (N-methyl/N-ethyl adjacent to an activating group) is 1. The number of aromatic amines is 1. The maximum absolute atomic E-state index is 6.17. The largest absolute Gasteiger partial charge is 0.302 e. The zero-order valence-corrected chi connectivity index (χ0v) is 11.2. The molecule has 2 heterocycles. The lowest BCUT2D eigenvalue weighted by Gasteiger charge is -2.14. The van der Waals surface area contributed by atoms with E-state index in [0.29, 0.717) is 0 Å². The van der Waals surface area contributed by atoms with Gasteiger partial charge in [-0.3, -0.25) is 5.10 Å². The zero-order chi connectivity index (χ0) is 12.5. The van der Waals surface area contributed by atoms with Crippen molar-refractivity contribution < 1.29 is 0 Å². The summed E-state index contributed by atoms with van der Waals surface area (Å²) < 4.78 is 0. The Morgan fingerprint density at radius 1 is 1.39 bits per heavy atom. The van der Waals surface area contributed by atoms with Gasteiger partial charge < -0.3 is 4.90 Å². The molecule has 0 fully saturated rings. The SMILES string of the molecule is CN1CCCC=C(c2n[nH]c3c(Cl)cccc23)C1. The van der Waals surface area contributed by atoms with Gasteiger partial charge in [0.1, 0.15) is 0 Å². The molecule has 0 radical (unpaired) electrons. The van der Waals surface area contributed by atoms with Crippen molar-refractivity contribution in [3.05, 3.63) is 35.0 Å². The molecule has 0 aliphatic carbocycles. The molecule has 0 saturated carbocycles. The molecule has 1 aliphatic rings. The van der Waals surface area contributed by atoms with Gasteiger partial charge in [-0.25, -0.2) is 0 Å². The Morgan fingerprint density at radius 2 is 2.28 bits per heavy atom. The van der Waals surface area contributed by atoms with Crippen LogP contribution in [0.5, 0.6) is 0 Å². The summed E-state index contributed by atoms with van der Waals surface area (Å²) in [5.41, 5.74) is 3.27. The number of hydrogen-bond donors (Lipinski definition) is 1. The average molecular weight is 262 g/mol. The van der Waals surface area contributed by atoms with Gasteiger partial charge in [0.25, 0.3) is 0 Å². The smallest absolute Gasteiger partial charge is 0.0969 e. The normalized spacial score (nSPS) is 17.8. The molecule has 0 spiro atoms. The van der Waals surface area contributed by atoms with Gasteiger partial charge in [0.05, 0.1) is 16.2 Å². The summed E-state index contributed by atoms with van der Waals surface area (Å²) in [6, 6.07) is 5.94. The first-order valence-corrected chi connectivity index (χ1v) is 6.64. The van der Waals surface area contributed by atoms with Crippen molar-refractivity contribution in [2.75, 3.05) is 20.1 Å². The van der Waals surface area contributed by atoms with Gasteiger partial charge >= 0.3 is 0 Å². The molecule has 0 bridgehead atoms. The van der Waals surface area contributed by atoms with Gasteiger partial charge in [-0.05, 0) is 38.1 Å². The van der Waals surface area contributed by atoms with Gasteiger partial charge in [0, 0.05) is 11.9 Å². The predicted molar refractivity (Wildman–Crippen MR) is 75.8 cm³/mol. The van der Waals surface area contributed by atoms with E-state index in [0.717, 1.165) is 41.1 Å². The number of para-hydroxylation sites is 1. The van der Waals surface area contributed by atoms with Crippen molar-refractivity contribution in [2.24, 2.45) is 0 Å². The number of halogens is 1. The van der Waals surface area contributed by atoms with E-state index in [-0.39, 0.29) is 0 Å². The highest BCUT2D eigenvalue weighted by Gasteiger charge is 2.15. The van der Waals surface area contributed by atoms with Gasteiger partial charge in [0.15, 0.2) is 0 Å². The molecule has 4 heteroatoms. The van der Waals surface area contributed by atoms with Crippen LogP contribution in [0.25, 0.3) is 16.5 Å². The van der Waals surface area contributed by atoms with Crippen LogP contribution in [0.4, 0.5) is 0 Å². The number of rotatable bonds is 1. The fourth-order valence-electron chi connectivity index (χ4n) is 2.50. The monoisotopic (exact) mass is 261 g/mol. The molecule has 1 aromatic heterocycles. The van der Waals surface area contributed by atoms with Crippen LogP contribution < -0.4 is 0 Å². The summed E-state index contributed by atoms with van der Waals surface area (Å²) in [6.45, 7) is 2.09. The molecule has 0 unspecified atom stereocenters. The third kappa shape index (κ3) is 2.04. The highest BCUT2D eigenvalue weighted by Crippen LogP contribution is 2.29. The van der Waals surface area contributed by atoms with Crippen molar-refractivity contribution in [3.63, 3.8) is 0 Å². The Kier molecular flexibility index (Phi) is 3.10. The molecule has 1 aliphatic heterocycles. The number of nitrogens with one attached hydrogen (secondary N) is 1. The summed E-state index contributed by atoms with van der Waals surface area (Å²) >= 11 is 6.17. The molecule has 2 aromatic rings. The van der Waals surface area contributed by atoms with Crippen LogP contribution in [0.3, 0.4) is 0 Å². The molecule has 3 nitrogen and oxygen atoms in total. The van der Waals surface area contributed by atoms with E-state index in [1.165, 1.54) is 12.0 Å². The Morgan fingerprint density at radius 3 is 3.17 bits per heavy atom. The minimum atomic E-state index is 0.730. The van der Waals surface area contributed by atoms with Crippen LogP contribution in [-0.2, 0) is 0 Å². The summed E-state index contributed by atoms with van der Waals surface area (Å²) in [5.74, 6) is 0. The van der Waals surface area contributed by atoms with E-state index < -0.39 is 0 Å². The number of benzene rings is 1. The highest BCUT2D eigenvalue weighted by molar-refractivity contribution is 6.35. The molecular weight excluding hydrogens is 246 g/mol. The molecule has 94 valence electrons. The van der Waals surface area contributed by atoms with Crippen molar-refractivity contribution in [1.29, 1.82) is 0 Å². The number of nitrogens with zero attached hydrogens (tertiary/aromatic N) is 2. The van der Waals surface area contributed by atoms with Crippen molar-refractivity contribution >= 4 is 28.1 Å². The number of aromatic nitrogens is 2. The highest BCUT2D eigenvalue weighted by atomic mass is 35.5. The number of hydrogen-bond acceptors (Lipinski definition) is 2. The predicted octanol–water partition coefficient (Wildman–Crippen LogP) is 3.33. The van der Waals surface area contributed by atoms with Crippen LogP contribution in [-0.4, -0.2) is 35.2 Å². The lowest BCUT2D eigenvalue weighted by molar-refractivity contribution is 0.376. The van der Waals surface area contributed by atoms with E-state index in [4.69, 9.17) is 11.6 Å². The topological polar surface area (TPSA) is 31.9 Å². The van der Waals surface area contributed by atoms with E-state index in [2.05, 4.69) is 34.3 Å². The average Bonchev–Trinajstić information content (AvgIpc) is 2.67. The molecule has 18 heavy (non-hydrogen) atoms. The third-order valence-electron chi connectivity index (χ3n) is 3.43. The van der Waals surface area contributed by atoms with E-state index in [1.807, 2.05) is 12.1 Å². The summed E-state index contributed by atoms with van der Waals surface area (Å²) in [6.07, 6.45) is 4.64. The van der Waals surface area contributed by atoms with Crippen LogP contribution in [0.2, 0.25) is 5.02 Å². The standard InChI is InChI=1S/C14H16ClN3/c1-18-8-3-2-5-10(9-18)13-11-6-4-7-12(15)14(11)17-16-13/h4-7H,2-3,8-9H2,1H3,(H,16,17). The van der Waals surface area contributed by atoms with Crippen LogP contribution in [0.15, 0.2) is 24.3 Å². The van der Waals surface area contributed by atoms with Crippen LogP contribution >= 0.6 is 11.6 Å². The number of H-pyrrole nitrogens is 1. The lowest BCUT2D eigenvalue weighted by Crippen LogP contribution is -2.20. The fraction of sp³-hybridized carbons (Fsp3) is 0.357. The van der Waals surface area contributed by atoms with Crippen LogP contribution in [0.1, 0.15) is 18.5 Å². The second-order valence-corrected chi connectivity index (χ2v) is 5.25. The van der Waals surface area contributed by atoms with Gasteiger partial charge in [-0.2, -0.15) is 5.10 Å². The minimum Gasteiger partial charge on any atom is -0.302 e. The minimum absolute atomic E-state index is 0.730. The van der Waals surface area contributed by atoms with Gasteiger partial charge in [0.2, 0.25) is 0 Å². The molecule has 1 aromatic carbocycles. The summed E-state index contributed by atoms with van der Waals surface area (Å²) in [7, 11) is 2.15. The van der Waals surface area contributed by atoms with Crippen molar-refractivity contribution in [1.82, 2.24) is 15.1 Å².